The monoisotopic (exact) mass is 532 g/mol. The zero-order valence-corrected chi connectivity index (χ0v) is 17.3. The Bertz CT molecular complexity index is 512. The fourth-order valence-electron chi connectivity index (χ4n) is 2.35. The lowest BCUT2D eigenvalue weighted by molar-refractivity contribution is 0.141. The third kappa shape index (κ3) is 3.40. The Hall–Kier alpha value is 1.19. The van der Waals surface area contributed by atoms with Crippen molar-refractivity contribution in [1.29, 1.82) is 0 Å². The molecule has 10 heteroatoms. The molecule has 106 valence electrons. The van der Waals surface area contributed by atoms with Crippen molar-refractivity contribution in [2.75, 3.05) is 13.5 Å². The fraction of sp³-hybridized carbons (Fsp3) is 0.400. The van der Waals surface area contributed by atoms with Crippen molar-refractivity contribution in [3.8, 4) is 11.5 Å². The van der Waals surface area contributed by atoms with Crippen LogP contribution in [0.25, 0.3) is 0 Å². The molecular weight excluding hydrogens is 518 g/mol. The van der Waals surface area contributed by atoms with Gasteiger partial charge >= 0.3 is 0 Å². The smallest absolute Gasteiger partial charge is 0.242 e. The second-order valence-electron chi connectivity index (χ2n) is 4.69. The van der Waals surface area contributed by atoms with Crippen LogP contribution in [-0.2, 0) is 13.1 Å². The van der Waals surface area contributed by atoms with Gasteiger partial charge in [0.1, 0.15) is 13.5 Å². The van der Waals surface area contributed by atoms with Crippen LogP contribution in [0.3, 0.4) is 0 Å². The van der Waals surface area contributed by atoms with Gasteiger partial charge in [0.25, 0.3) is 0 Å². The van der Waals surface area contributed by atoms with Gasteiger partial charge in [-0.25, -0.2) is 4.67 Å². The number of fused-ring (bicyclic) bond motifs is 3. The van der Waals surface area contributed by atoms with Crippen LogP contribution in [-0.4, -0.2) is 35.2 Å². The fourth-order valence-corrected chi connectivity index (χ4v) is 5.80. The normalized spacial score (nSPS) is 20.9. The highest BCUT2D eigenvalue weighted by atomic mass is 127. The summed E-state index contributed by atoms with van der Waals surface area (Å²) in [6.45, 7) is 3.31. The average molecular weight is 532 g/mol. The molecule has 4 nitrogen and oxygen atoms in total. The summed E-state index contributed by atoms with van der Waals surface area (Å²) in [5, 5.41) is 0. The highest BCUT2D eigenvalue weighted by Crippen LogP contribution is 2.49. The maximum absolute atomic E-state index is 5.99. The minimum Gasteiger partial charge on any atom is -0.474 e. The van der Waals surface area contributed by atoms with Gasteiger partial charge in [0.2, 0.25) is 4.86 Å². The first-order valence-corrected chi connectivity index (χ1v) is 13.5. The number of hydrogen-bond acceptors (Lipinski definition) is 4. The Morgan fingerprint density at radius 2 is 1.85 bits per heavy atom. The quantitative estimate of drug-likeness (QED) is 0.340. The van der Waals surface area contributed by atoms with Crippen molar-refractivity contribution in [3.05, 3.63) is 23.3 Å². The number of halogens is 2. The zero-order chi connectivity index (χ0) is 14.1. The van der Waals surface area contributed by atoms with Gasteiger partial charge in [0.15, 0.2) is 19.1 Å². The molecule has 0 N–H and O–H groups in total. The standard InChI is InChI=1S/C10H14B2I2N2O2P2/c11-20(14)16-4-8-2-1-7-3-15(19-12-13)5-17-9(7)10(8)18-6-16/h1-2,12,19H,3-6,11H2. The molecule has 3 rings (SSSR count). The first kappa shape index (κ1) is 16.1. The zero-order valence-electron chi connectivity index (χ0n) is 11.1. The molecule has 0 saturated carbocycles. The van der Waals surface area contributed by atoms with Gasteiger partial charge in [-0.2, -0.15) is 0 Å². The first-order chi connectivity index (χ1) is 9.69. The van der Waals surface area contributed by atoms with Crippen molar-refractivity contribution in [1.82, 2.24) is 9.34 Å². The molecule has 0 aromatic heterocycles. The van der Waals surface area contributed by atoms with E-state index in [-0.39, 0.29) is 5.59 Å². The molecule has 2 heterocycles. The predicted molar refractivity (Wildman–Crippen MR) is 107 cm³/mol. The van der Waals surface area contributed by atoms with E-state index in [1.807, 2.05) is 0 Å². The van der Waals surface area contributed by atoms with Crippen molar-refractivity contribution >= 4 is 71.0 Å². The van der Waals surface area contributed by atoms with Crippen molar-refractivity contribution in [3.63, 3.8) is 0 Å². The molecule has 0 spiro atoms. The highest BCUT2D eigenvalue weighted by molar-refractivity contribution is 14.2. The van der Waals surface area contributed by atoms with E-state index >= 15 is 0 Å². The number of ether oxygens (including phenoxy) is 2. The van der Waals surface area contributed by atoms with Crippen LogP contribution < -0.4 is 9.47 Å². The number of rotatable bonds is 3. The Morgan fingerprint density at radius 1 is 1.20 bits per heavy atom. The van der Waals surface area contributed by atoms with Gasteiger partial charge in [-0.3, -0.25) is 4.67 Å². The molecule has 2 aliphatic heterocycles. The van der Waals surface area contributed by atoms with Crippen LogP contribution in [0.5, 0.6) is 11.5 Å². The van der Waals surface area contributed by atoms with Gasteiger partial charge in [-0.05, 0) is 27.6 Å². The van der Waals surface area contributed by atoms with E-state index in [9.17, 15) is 0 Å². The third-order valence-corrected chi connectivity index (χ3v) is 8.13. The summed E-state index contributed by atoms with van der Waals surface area (Å²) < 4.78 is 16.7. The summed E-state index contributed by atoms with van der Waals surface area (Å²) in [7, 11) is 3.08. The third-order valence-electron chi connectivity index (χ3n) is 3.39. The lowest BCUT2D eigenvalue weighted by atomic mass is 10.1. The van der Waals surface area contributed by atoms with Crippen LogP contribution >= 0.6 is 58.6 Å². The number of benzene rings is 1. The number of nitrogens with zero attached hydrogens (tertiary/aromatic N) is 2. The van der Waals surface area contributed by atoms with Gasteiger partial charge in [-0.1, -0.05) is 20.7 Å². The SMILES string of the molecule is BP(I)N1COc2c(ccc3c2OCN(PBI)C3)C1. The summed E-state index contributed by atoms with van der Waals surface area (Å²) >= 11 is 4.91. The van der Waals surface area contributed by atoms with Crippen LogP contribution in [0.15, 0.2) is 12.1 Å². The summed E-state index contributed by atoms with van der Waals surface area (Å²) in [5.74, 6) is 1.95. The molecule has 1 aromatic rings. The summed E-state index contributed by atoms with van der Waals surface area (Å²) in [5.41, 5.74) is 2.38. The minimum atomic E-state index is -0.137. The molecule has 0 amide bonds. The van der Waals surface area contributed by atoms with Crippen LogP contribution in [0.2, 0.25) is 0 Å². The second-order valence-corrected chi connectivity index (χ2v) is 13.8. The van der Waals surface area contributed by atoms with Crippen molar-refractivity contribution in [2.24, 2.45) is 0 Å². The van der Waals surface area contributed by atoms with Crippen molar-refractivity contribution in [2.45, 2.75) is 13.1 Å². The molecule has 2 unspecified atom stereocenters. The second kappa shape index (κ2) is 7.18. The molecule has 0 radical (unpaired) electrons. The number of hydrogen-bond donors (Lipinski definition) is 0. The van der Waals surface area contributed by atoms with Gasteiger partial charge in [0, 0.05) is 24.2 Å². The Morgan fingerprint density at radius 3 is 2.50 bits per heavy atom. The molecule has 0 saturated heterocycles. The van der Waals surface area contributed by atoms with Crippen LogP contribution in [0.4, 0.5) is 0 Å². The molecule has 0 fully saturated rings. The minimum absolute atomic E-state index is 0.137. The molecule has 2 aliphatic rings. The maximum Gasteiger partial charge on any atom is 0.242 e. The van der Waals surface area contributed by atoms with E-state index < -0.39 is 0 Å². The molecule has 0 bridgehead atoms. The van der Waals surface area contributed by atoms with E-state index in [4.69, 9.17) is 9.47 Å². The lowest BCUT2D eigenvalue weighted by Gasteiger charge is -2.35. The average Bonchev–Trinajstić information content (AvgIpc) is 2.46. The van der Waals surface area contributed by atoms with Gasteiger partial charge < -0.3 is 9.47 Å². The molecular formula is C10H14B2I2N2O2P2. The molecule has 2 atom stereocenters. The molecule has 0 aliphatic carbocycles. The largest absolute Gasteiger partial charge is 0.474 e. The van der Waals surface area contributed by atoms with E-state index in [1.165, 1.54) is 11.1 Å². The van der Waals surface area contributed by atoms with Gasteiger partial charge in [-0.15, -0.1) is 22.4 Å². The molecule has 20 heavy (non-hydrogen) atoms. The van der Waals surface area contributed by atoms with Crippen LogP contribution in [0.1, 0.15) is 11.1 Å². The summed E-state index contributed by atoms with van der Waals surface area (Å²) in [6.07, 6.45) is 0. The van der Waals surface area contributed by atoms with Crippen molar-refractivity contribution < 1.29 is 9.47 Å². The Kier molecular flexibility index (Phi) is 5.76. The summed E-state index contributed by atoms with van der Waals surface area (Å²) in [4.78, 5) is 1.16. The van der Waals surface area contributed by atoms with Gasteiger partial charge in [0.05, 0.1) is 0 Å². The predicted octanol–water partition coefficient (Wildman–Crippen LogP) is 2.58. The first-order valence-electron chi connectivity index (χ1n) is 6.28. The lowest BCUT2D eigenvalue weighted by Crippen LogP contribution is -2.30. The Balaban J connectivity index is 1.83. The van der Waals surface area contributed by atoms with Crippen LogP contribution in [0, 0.1) is 0 Å². The maximum atomic E-state index is 5.99. The summed E-state index contributed by atoms with van der Waals surface area (Å²) in [6, 6.07) is 4.41. The molecule has 1 aromatic carbocycles. The Labute approximate surface area is 150 Å². The van der Waals surface area contributed by atoms with E-state index in [1.54, 1.807) is 0 Å². The van der Waals surface area contributed by atoms with E-state index in [2.05, 4.69) is 73.5 Å². The van der Waals surface area contributed by atoms with E-state index in [0.717, 1.165) is 38.1 Å². The topological polar surface area (TPSA) is 24.9 Å². The van der Waals surface area contributed by atoms with E-state index in [0.29, 0.717) is 13.5 Å². The highest BCUT2D eigenvalue weighted by Gasteiger charge is 2.27.